The zero-order valence-electron chi connectivity index (χ0n) is 57.6. The van der Waals surface area contributed by atoms with Crippen molar-refractivity contribution in [2.75, 3.05) is 39.6 Å². The fourth-order valence-electron chi connectivity index (χ4n) is 10.6. The third kappa shape index (κ3) is 63.2. The summed E-state index contributed by atoms with van der Waals surface area (Å²) in [7, 11) is -9.89. The predicted molar refractivity (Wildman–Crippen MR) is 358 cm³/mol. The van der Waals surface area contributed by atoms with Crippen LogP contribution in [-0.4, -0.2) is 96.7 Å². The van der Waals surface area contributed by atoms with Crippen LogP contribution in [0.2, 0.25) is 0 Å². The number of hydrogen-bond acceptors (Lipinski definition) is 15. The van der Waals surface area contributed by atoms with Gasteiger partial charge < -0.3 is 33.8 Å². The second-order valence-corrected chi connectivity index (χ2v) is 28.4. The van der Waals surface area contributed by atoms with E-state index in [9.17, 15) is 43.2 Å². The number of rotatable bonds is 70. The van der Waals surface area contributed by atoms with Crippen molar-refractivity contribution in [1.29, 1.82) is 0 Å². The van der Waals surface area contributed by atoms with Crippen LogP contribution in [-0.2, 0) is 65.4 Å². The first kappa shape index (κ1) is 87.1. The number of phosphoric acid groups is 2. The van der Waals surface area contributed by atoms with Crippen LogP contribution in [0.4, 0.5) is 0 Å². The van der Waals surface area contributed by atoms with Crippen LogP contribution in [0.1, 0.15) is 362 Å². The first-order valence-corrected chi connectivity index (χ1v) is 39.7. The Hall–Kier alpha value is -1.94. The van der Waals surface area contributed by atoms with E-state index < -0.39 is 97.5 Å². The van der Waals surface area contributed by atoms with E-state index in [0.717, 1.165) is 109 Å². The van der Waals surface area contributed by atoms with Gasteiger partial charge in [0, 0.05) is 25.7 Å². The molecule has 0 fully saturated rings. The van der Waals surface area contributed by atoms with Crippen LogP contribution in [0.15, 0.2) is 0 Å². The molecule has 0 heterocycles. The predicted octanol–water partition coefficient (Wildman–Crippen LogP) is 20.1. The van der Waals surface area contributed by atoms with Gasteiger partial charge in [-0.2, -0.15) is 0 Å². The largest absolute Gasteiger partial charge is 0.472 e. The summed E-state index contributed by atoms with van der Waals surface area (Å²) in [6.45, 7) is 7.26. The smallest absolute Gasteiger partial charge is 0.462 e. The molecule has 0 aliphatic heterocycles. The second kappa shape index (κ2) is 63.5. The number of carbonyl (C=O) groups excluding carboxylic acids is 4. The average molecular weight is 1310 g/mol. The molecule has 0 aromatic heterocycles. The van der Waals surface area contributed by atoms with Gasteiger partial charge in [0.15, 0.2) is 12.2 Å². The van der Waals surface area contributed by atoms with Crippen LogP contribution in [0.25, 0.3) is 0 Å². The summed E-state index contributed by atoms with van der Waals surface area (Å²) in [5.74, 6) is -1.28. The van der Waals surface area contributed by atoms with E-state index in [4.69, 9.17) is 37.0 Å². The lowest BCUT2D eigenvalue weighted by atomic mass is 9.99. The number of carbonyl (C=O) groups is 4. The minimum absolute atomic E-state index is 0.107. The molecule has 89 heavy (non-hydrogen) atoms. The molecule has 0 spiro atoms. The van der Waals surface area contributed by atoms with Gasteiger partial charge in [-0.1, -0.05) is 311 Å². The molecule has 528 valence electrons. The molecule has 0 rings (SSSR count). The van der Waals surface area contributed by atoms with Crippen LogP contribution in [0.5, 0.6) is 0 Å². The summed E-state index contributed by atoms with van der Waals surface area (Å²) < 4.78 is 68.2. The quantitative estimate of drug-likeness (QED) is 0.0222. The number of ether oxygens (including phenoxy) is 4. The summed E-state index contributed by atoms with van der Waals surface area (Å²) >= 11 is 0. The fraction of sp³-hybridized carbons (Fsp3) is 0.943. The van der Waals surface area contributed by atoms with Gasteiger partial charge in [-0.15, -0.1) is 0 Å². The highest BCUT2D eigenvalue weighted by atomic mass is 31.2. The van der Waals surface area contributed by atoms with Crippen LogP contribution in [0.3, 0.4) is 0 Å². The molecule has 0 aliphatic carbocycles. The SMILES string of the molecule is CCCCCCCCCCCCCCCC(=O)OC[C@H](COP(=O)(O)OC[C@@H](O)COP(=O)(O)OC[C@@H](COC(=O)CCCCCCCCC)OC(=O)CCCCCCCCCCCCC)OC(=O)CCCCCCCCCCCCCCCCC(C)CC. The number of hydrogen-bond donors (Lipinski definition) is 3. The van der Waals surface area contributed by atoms with Gasteiger partial charge in [0.25, 0.3) is 0 Å². The van der Waals surface area contributed by atoms with Crippen molar-refractivity contribution in [2.24, 2.45) is 5.92 Å². The van der Waals surface area contributed by atoms with Gasteiger partial charge in [0.2, 0.25) is 0 Å². The topological polar surface area (TPSA) is 237 Å². The molecule has 0 amide bonds. The van der Waals surface area contributed by atoms with Crippen molar-refractivity contribution in [3.05, 3.63) is 0 Å². The van der Waals surface area contributed by atoms with E-state index in [1.807, 2.05) is 0 Å². The lowest BCUT2D eigenvalue weighted by molar-refractivity contribution is -0.161. The molecule has 3 unspecified atom stereocenters. The summed E-state index contributed by atoms with van der Waals surface area (Å²) in [5.41, 5.74) is 0. The lowest BCUT2D eigenvalue weighted by Gasteiger charge is -2.21. The molecule has 0 saturated heterocycles. The molecule has 0 aromatic rings. The maximum absolute atomic E-state index is 13.0. The third-order valence-corrected chi connectivity index (χ3v) is 18.5. The highest BCUT2D eigenvalue weighted by Crippen LogP contribution is 2.45. The van der Waals surface area contributed by atoms with Crippen molar-refractivity contribution >= 4 is 39.5 Å². The van der Waals surface area contributed by atoms with Crippen molar-refractivity contribution in [2.45, 2.75) is 380 Å². The zero-order valence-corrected chi connectivity index (χ0v) is 59.4. The number of aliphatic hydroxyl groups excluding tert-OH is 1. The molecule has 19 heteroatoms. The molecule has 0 aromatic carbocycles. The molecular weight excluding hydrogens is 1170 g/mol. The minimum Gasteiger partial charge on any atom is -0.462 e. The zero-order chi connectivity index (χ0) is 65.6. The Labute approximate surface area is 543 Å². The van der Waals surface area contributed by atoms with E-state index >= 15 is 0 Å². The van der Waals surface area contributed by atoms with E-state index in [-0.39, 0.29) is 25.7 Å². The Balaban J connectivity index is 5.19. The van der Waals surface area contributed by atoms with Crippen molar-refractivity contribution in [3.8, 4) is 0 Å². The lowest BCUT2D eigenvalue weighted by Crippen LogP contribution is -2.30. The molecule has 6 atom stereocenters. The van der Waals surface area contributed by atoms with Gasteiger partial charge >= 0.3 is 39.5 Å². The minimum atomic E-state index is -4.95. The summed E-state index contributed by atoms with van der Waals surface area (Å²) in [6, 6.07) is 0. The molecule has 0 radical (unpaired) electrons. The molecule has 0 saturated carbocycles. The van der Waals surface area contributed by atoms with Crippen molar-refractivity contribution in [1.82, 2.24) is 0 Å². The molecule has 17 nitrogen and oxygen atoms in total. The Kier molecular flexibility index (Phi) is 62.1. The monoisotopic (exact) mass is 1310 g/mol. The van der Waals surface area contributed by atoms with Crippen LogP contribution in [0, 0.1) is 5.92 Å². The van der Waals surface area contributed by atoms with E-state index in [1.54, 1.807) is 0 Å². The Bertz CT molecular complexity index is 1720. The molecule has 0 aliphatic rings. The van der Waals surface area contributed by atoms with Crippen LogP contribution < -0.4 is 0 Å². The van der Waals surface area contributed by atoms with Gasteiger partial charge in [-0.3, -0.25) is 37.3 Å². The summed E-state index contributed by atoms with van der Waals surface area (Å²) in [6.07, 6.45) is 49.9. The molecule has 0 bridgehead atoms. The Morgan fingerprint density at radius 3 is 0.798 bits per heavy atom. The fourth-order valence-corrected chi connectivity index (χ4v) is 12.2. The third-order valence-electron chi connectivity index (χ3n) is 16.6. The maximum Gasteiger partial charge on any atom is 0.472 e. The van der Waals surface area contributed by atoms with E-state index in [0.29, 0.717) is 25.7 Å². The number of unbranched alkanes of at least 4 members (excludes halogenated alkanes) is 41. The highest BCUT2D eigenvalue weighted by Gasteiger charge is 2.30. The highest BCUT2D eigenvalue weighted by molar-refractivity contribution is 7.47. The van der Waals surface area contributed by atoms with Crippen LogP contribution >= 0.6 is 15.6 Å². The Morgan fingerprint density at radius 2 is 0.539 bits per heavy atom. The van der Waals surface area contributed by atoms with E-state index in [1.165, 1.54) is 173 Å². The standard InChI is InChI=1S/C70H136O17P2/c1-6-10-13-16-19-21-23-26-31-34-39-44-49-54-68(73)81-60-66(87-70(75)56-51-46-41-36-32-28-25-24-27-30-33-38-42-47-52-63(5)9-4)62-85-89(78,79)83-58-64(71)57-82-88(76,77)84-61-65(59-80-67(72)53-48-43-37-18-15-12-8-3)86-69(74)55-50-45-40-35-29-22-20-17-14-11-7-2/h63-66,71H,6-62H2,1-5H3,(H,76,77)(H,78,79)/t63?,64-,65+,66+/m0/s1. The van der Waals surface area contributed by atoms with E-state index in [2.05, 4.69) is 34.6 Å². The van der Waals surface area contributed by atoms with Gasteiger partial charge in [-0.05, 0) is 31.6 Å². The number of aliphatic hydroxyl groups is 1. The Morgan fingerprint density at radius 1 is 0.315 bits per heavy atom. The van der Waals surface area contributed by atoms with Crippen molar-refractivity contribution in [3.63, 3.8) is 0 Å². The average Bonchev–Trinajstić information content (AvgIpc) is 3.64. The number of phosphoric ester groups is 2. The summed E-state index contributed by atoms with van der Waals surface area (Å²) in [4.78, 5) is 72.4. The van der Waals surface area contributed by atoms with Crippen molar-refractivity contribution < 1.29 is 80.2 Å². The summed E-state index contributed by atoms with van der Waals surface area (Å²) in [5, 5.41) is 10.6. The first-order valence-electron chi connectivity index (χ1n) is 36.7. The number of esters is 4. The molecule has 3 N–H and O–H groups in total. The maximum atomic E-state index is 13.0. The van der Waals surface area contributed by atoms with Gasteiger partial charge in [0.1, 0.15) is 19.3 Å². The first-order chi connectivity index (χ1) is 43.1. The van der Waals surface area contributed by atoms with Gasteiger partial charge in [0.05, 0.1) is 26.4 Å². The molecular formula is C70H136O17P2. The second-order valence-electron chi connectivity index (χ2n) is 25.5. The normalized spacial score (nSPS) is 14.4. The van der Waals surface area contributed by atoms with Gasteiger partial charge in [-0.25, -0.2) is 9.13 Å².